The Morgan fingerprint density at radius 2 is 1.67 bits per heavy atom. The highest BCUT2D eigenvalue weighted by atomic mass is 16.5. The van der Waals surface area contributed by atoms with Crippen molar-refractivity contribution in [3.8, 4) is 17.2 Å². The third-order valence-corrected chi connectivity index (χ3v) is 8.00. The molecule has 11 nitrogen and oxygen atoms in total. The summed E-state index contributed by atoms with van der Waals surface area (Å²) in [7, 11) is 3.18. The van der Waals surface area contributed by atoms with Crippen LogP contribution in [0.4, 0.5) is 5.69 Å². The quantitative estimate of drug-likeness (QED) is 0.370. The lowest BCUT2D eigenvalue weighted by molar-refractivity contribution is 0.197. The first kappa shape index (κ1) is 25.2. The second-order valence-corrected chi connectivity index (χ2v) is 10.2. The fourth-order valence-corrected chi connectivity index (χ4v) is 5.94. The molecule has 6 rings (SSSR count). The molecule has 2 aliphatic rings. The number of phenolic OH excluding ortho intramolecular Hbond substituents is 1. The minimum atomic E-state index is -0.413. The van der Waals surface area contributed by atoms with Crippen LogP contribution in [0.1, 0.15) is 49.2 Å². The first-order valence-electron chi connectivity index (χ1n) is 13.4. The van der Waals surface area contributed by atoms with Crippen molar-refractivity contribution in [2.75, 3.05) is 45.3 Å². The predicted molar refractivity (Wildman–Crippen MR) is 147 cm³/mol. The molecule has 1 saturated carbocycles. The number of anilines is 1. The number of H-pyrrole nitrogens is 1. The minimum Gasteiger partial charge on any atom is -0.508 e. The van der Waals surface area contributed by atoms with Crippen LogP contribution in [0.5, 0.6) is 17.2 Å². The van der Waals surface area contributed by atoms with Crippen molar-refractivity contribution in [2.45, 2.75) is 37.8 Å². The van der Waals surface area contributed by atoms with Crippen molar-refractivity contribution >= 4 is 16.6 Å². The summed E-state index contributed by atoms with van der Waals surface area (Å²) in [5.74, 6) is 2.10. The van der Waals surface area contributed by atoms with Gasteiger partial charge in [0.05, 0.1) is 25.8 Å². The number of fused-ring (bicyclic) bond motifs is 1. The first-order chi connectivity index (χ1) is 19.1. The van der Waals surface area contributed by atoms with Gasteiger partial charge in [-0.2, -0.15) is 0 Å². The Kier molecular flexibility index (Phi) is 6.82. The van der Waals surface area contributed by atoms with E-state index in [1.165, 1.54) is 0 Å². The number of phenols is 1. The highest BCUT2D eigenvalue weighted by molar-refractivity contribution is 5.83. The largest absolute Gasteiger partial charge is 0.508 e. The van der Waals surface area contributed by atoms with Gasteiger partial charge in [-0.3, -0.25) is 9.69 Å². The molecule has 1 unspecified atom stereocenters. The van der Waals surface area contributed by atoms with Crippen molar-refractivity contribution in [1.82, 2.24) is 30.1 Å². The summed E-state index contributed by atoms with van der Waals surface area (Å²) in [4.78, 5) is 21.3. The molecule has 2 fully saturated rings. The van der Waals surface area contributed by atoms with E-state index in [1.807, 2.05) is 28.9 Å². The molecule has 2 aromatic carbocycles. The minimum absolute atomic E-state index is 0.179. The van der Waals surface area contributed by atoms with E-state index in [4.69, 9.17) is 9.47 Å². The van der Waals surface area contributed by atoms with E-state index in [-0.39, 0.29) is 17.4 Å². The normalized spacial score (nSPS) is 17.5. The standard InChI is InChI=1S/C28H33N7O4/c1-38-24-16-18-15-22(28(37)29-23(18)17-25(24)39-2)26(27-30-31-32-35(27)20-5-3-4-6-20)34-13-11-33(12-14-34)19-7-9-21(36)10-8-19/h7-10,15-17,20,26,36H,3-6,11-14H2,1-2H3,(H,29,37). The van der Waals surface area contributed by atoms with Crippen molar-refractivity contribution in [3.05, 3.63) is 64.2 Å². The fourth-order valence-electron chi connectivity index (χ4n) is 5.94. The zero-order valence-corrected chi connectivity index (χ0v) is 22.2. The fraction of sp³-hybridized carbons (Fsp3) is 0.429. The highest BCUT2D eigenvalue weighted by Crippen LogP contribution is 2.36. The third-order valence-electron chi connectivity index (χ3n) is 8.00. The number of pyridine rings is 1. The topological polar surface area (TPSA) is 122 Å². The molecule has 204 valence electrons. The van der Waals surface area contributed by atoms with Crippen LogP contribution >= 0.6 is 0 Å². The molecule has 4 aromatic rings. The zero-order chi connectivity index (χ0) is 26.9. The van der Waals surface area contributed by atoms with Crippen molar-refractivity contribution in [2.24, 2.45) is 0 Å². The van der Waals surface area contributed by atoms with E-state index in [9.17, 15) is 9.90 Å². The lowest BCUT2D eigenvalue weighted by atomic mass is 10.0. The van der Waals surface area contributed by atoms with Gasteiger partial charge in [0.2, 0.25) is 0 Å². The molecule has 1 saturated heterocycles. The summed E-state index contributed by atoms with van der Waals surface area (Å²) in [6.45, 7) is 2.96. The Bertz CT molecular complexity index is 1500. The summed E-state index contributed by atoms with van der Waals surface area (Å²) < 4.78 is 12.9. The number of piperazine rings is 1. The van der Waals surface area contributed by atoms with E-state index in [0.717, 1.165) is 49.8 Å². The Balaban J connectivity index is 1.40. The van der Waals surface area contributed by atoms with E-state index in [2.05, 4.69) is 30.3 Å². The number of methoxy groups -OCH3 is 2. The Hall–Kier alpha value is -4.12. The van der Waals surface area contributed by atoms with Gasteiger partial charge >= 0.3 is 0 Å². The lowest BCUT2D eigenvalue weighted by Crippen LogP contribution is -2.49. The summed E-state index contributed by atoms with van der Waals surface area (Å²) >= 11 is 0. The number of hydrogen-bond donors (Lipinski definition) is 2. The molecular weight excluding hydrogens is 498 g/mol. The first-order valence-corrected chi connectivity index (χ1v) is 13.4. The van der Waals surface area contributed by atoms with Crippen LogP contribution in [-0.2, 0) is 0 Å². The number of nitrogens with zero attached hydrogens (tertiary/aromatic N) is 6. The second-order valence-electron chi connectivity index (χ2n) is 10.2. The summed E-state index contributed by atoms with van der Waals surface area (Å²) in [5, 5.41) is 23.5. The highest BCUT2D eigenvalue weighted by Gasteiger charge is 2.35. The van der Waals surface area contributed by atoms with Gasteiger partial charge in [-0.05, 0) is 59.7 Å². The third kappa shape index (κ3) is 4.78. The van der Waals surface area contributed by atoms with E-state index in [0.29, 0.717) is 41.5 Å². The van der Waals surface area contributed by atoms with Gasteiger partial charge < -0.3 is 24.5 Å². The number of aromatic hydroxyl groups is 1. The summed E-state index contributed by atoms with van der Waals surface area (Å²) in [5.41, 5.74) is 2.15. The number of rotatable bonds is 7. The second kappa shape index (κ2) is 10.6. The molecule has 0 spiro atoms. The monoisotopic (exact) mass is 531 g/mol. The summed E-state index contributed by atoms with van der Waals surface area (Å²) in [6.07, 6.45) is 4.37. The number of benzene rings is 2. The van der Waals surface area contributed by atoms with Crippen LogP contribution in [-0.4, -0.2) is 75.6 Å². The number of aromatic nitrogens is 5. The van der Waals surface area contributed by atoms with Crippen molar-refractivity contribution < 1.29 is 14.6 Å². The Morgan fingerprint density at radius 1 is 0.974 bits per heavy atom. The molecule has 0 bridgehead atoms. The van der Waals surface area contributed by atoms with Crippen molar-refractivity contribution in [3.63, 3.8) is 0 Å². The maximum absolute atomic E-state index is 13.7. The number of ether oxygens (including phenoxy) is 2. The maximum atomic E-state index is 13.7. The molecule has 0 radical (unpaired) electrons. The lowest BCUT2D eigenvalue weighted by Gasteiger charge is -2.39. The average molecular weight is 532 g/mol. The van der Waals surface area contributed by atoms with Gasteiger partial charge in [0.15, 0.2) is 17.3 Å². The van der Waals surface area contributed by atoms with Crippen LogP contribution in [0.3, 0.4) is 0 Å². The van der Waals surface area contributed by atoms with Crippen molar-refractivity contribution in [1.29, 1.82) is 0 Å². The maximum Gasteiger partial charge on any atom is 0.253 e. The molecule has 11 heteroatoms. The van der Waals surface area contributed by atoms with Gasteiger partial charge in [-0.1, -0.05) is 12.8 Å². The molecule has 0 amide bonds. The van der Waals surface area contributed by atoms with E-state index >= 15 is 0 Å². The molecule has 3 heterocycles. The zero-order valence-electron chi connectivity index (χ0n) is 22.2. The van der Waals surface area contributed by atoms with Gasteiger partial charge in [0.1, 0.15) is 11.8 Å². The smallest absolute Gasteiger partial charge is 0.253 e. The molecule has 1 aliphatic heterocycles. The van der Waals surface area contributed by atoms with Crippen LogP contribution < -0.4 is 19.9 Å². The Labute approximate surface area is 226 Å². The molecule has 1 atom stereocenters. The van der Waals surface area contributed by atoms with Gasteiger partial charge in [-0.25, -0.2) is 4.68 Å². The molecule has 39 heavy (non-hydrogen) atoms. The number of nitrogens with one attached hydrogen (secondary N) is 1. The van der Waals surface area contributed by atoms with Gasteiger partial charge in [0, 0.05) is 48.9 Å². The van der Waals surface area contributed by atoms with Crippen LogP contribution in [0.2, 0.25) is 0 Å². The van der Waals surface area contributed by atoms with Crippen LogP contribution in [0.25, 0.3) is 10.9 Å². The number of tetrazole rings is 1. The molecular formula is C28H33N7O4. The van der Waals surface area contributed by atoms with E-state index in [1.54, 1.807) is 32.4 Å². The number of hydrogen-bond acceptors (Lipinski definition) is 9. The van der Waals surface area contributed by atoms with Gasteiger partial charge in [0.25, 0.3) is 5.56 Å². The van der Waals surface area contributed by atoms with Crippen LogP contribution in [0.15, 0.2) is 47.3 Å². The van der Waals surface area contributed by atoms with E-state index < -0.39 is 6.04 Å². The molecule has 1 aliphatic carbocycles. The predicted octanol–water partition coefficient (Wildman–Crippen LogP) is 3.26. The van der Waals surface area contributed by atoms with Gasteiger partial charge in [-0.15, -0.1) is 5.10 Å². The number of aromatic amines is 1. The molecule has 2 N–H and O–H groups in total. The Morgan fingerprint density at radius 3 is 2.36 bits per heavy atom. The van der Waals surface area contributed by atoms with Crippen LogP contribution in [0, 0.1) is 0 Å². The average Bonchev–Trinajstić information content (AvgIpc) is 3.66. The SMILES string of the molecule is COc1cc2cc(C(c3nnnn3C3CCCC3)N3CCN(c4ccc(O)cc4)CC3)c(=O)[nH]c2cc1OC. The molecule has 2 aromatic heterocycles. The summed E-state index contributed by atoms with van der Waals surface area (Å²) in [6, 6.07) is 12.7.